The highest BCUT2D eigenvalue weighted by molar-refractivity contribution is 5.75. The number of allylic oxidation sites excluding steroid dienone is 3. The molecule has 0 bridgehead atoms. The van der Waals surface area contributed by atoms with Crippen LogP contribution in [0.15, 0.2) is 24.3 Å². The van der Waals surface area contributed by atoms with Crippen molar-refractivity contribution in [2.24, 2.45) is 0 Å². The first-order chi connectivity index (χ1) is 6.61. The van der Waals surface area contributed by atoms with Gasteiger partial charge in [0.05, 0.1) is 19.6 Å². The third-order valence-corrected chi connectivity index (χ3v) is 1.65. The highest BCUT2D eigenvalue weighted by Crippen LogP contribution is 1.98. The van der Waals surface area contributed by atoms with E-state index in [1.165, 1.54) is 14.2 Å². The van der Waals surface area contributed by atoms with Crippen molar-refractivity contribution in [2.75, 3.05) is 14.2 Å². The van der Waals surface area contributed by atoms with E-state index in [9.17, 15) is 9.90 Å². The summed E-state index contributed by atoms with van der Waals surface area (Å²) in [5.41, 5.74) is 0. The van der Waals surface area contributed by atoms with Crippen LogP contribution in [0.5, 0.6) is 0 Å². The molecule has 4 nitrogen and oxygen atoms in total. The zero-order valence-electron chi connectivity index (χ0n) is 8.80. The summed E-state index contributed by atoms with van der Waals surface area (Å²) in [6.45, 7) is 1.88. The van der Waals surface area contributed by atoms with Crippen LogP contribution in [-0.4, -0.2) is 36.3 Å². The first-order valence-electron chi connectivity index (χ1n) is 4.40. The van der Waals surface area contributed by atoms with E-state index in [0.29, 0.717) is 0 Å². The van der Waals surface area contributed by atoms with E-state index in [2.05, 4.69) is 4.84 Å². The molecule has 0 aromatic heterocycles. The standard InChI is InChI=1S/C10H17NO3/c1-4-5-6-7-9(12)8-10(13)11(2)14-3/h4-7,9,12H,8H2,1-3H3/b5-4+,7-6+/t9-/m0/s1. The summed E-state index contributed by atoms with van der Waals surface area (Å²) < 4.78 is 0. The molecular formula is C10H17NO3. The van der Waals surface area contributed by atoms with Crippen LogP contribution in [0.1, 0.15) is 13.3 Å². The molecule has 0 aliphatic rings. The lowest BCUT2D eigenvalue weighted by molar-refractivity contribution is -0.170. The van der Waals surface area contributed by atoms with Gasteiger partial charge in [0.1, 0.15) is 0 Å². The number of carbonyl (C=O) groups excluding carboxylic acids is 1. The molecule has 0 aromatic rings. The largest absolute Gasteiger partial charge is 0.388 e. The lowest BCUT2D eigenvalue weighted by atomic mass is 10.2. The van der Waals surface area contributed by atoms with Gasteiger partial charge in [0.2, 0.25) is 5.91 Å². The fourth-order valence-corrected chi connectivity index (χ4v) is 0.781. The van der Waals surface area contributed by atoms with Crippen molar-refractivity contribution >= 4 is 5.91 Å². The Morgan fingerprint density at radius 2 is 2.21 bits per heavy atom. The maximum absolute atomic E-state index is 11.2. The molecule has 0 heterocycles. The zero-order valence-corrected chi connectivity index (χ0v) is 8.80. The highest BCUT2D eigenvalue weighted by Gasteiger charge is 2.11. The number of hydrogen-bond donors (Lipinski definition) is 1. The molecule has 0 fully saturated rings. The minimum absolute atomic E-state index is 0.0262. The van der Waals surface area contributed by atoms with Crippen molar-refractivity contribution in [3.63, 3.8) is 0 Å². The van der Waals surface area contributed by atoms with Crippen molar-refractivity contribution in [3.05, 3.63) is 24.3 Å². The number of nitrogens with zero attached hydrogens (tertiary/aromatic N) is 1. The van der Waals surface area contributed by atoms with E-state index in [0.717, 1.165) is 5.06 Å². The van der Waals surface area contributed by atoms with Crippen molar-refractivity contribution in [2.45, 2.75) is 19.4 Å². The number of carbonyl (C=O) groups is 1. The van der Waals surface area contributed by atoms with Gasteiger partial charge < -0.3 is 5.11 Å². The minimum atomic E-state index is -0.767. The molecule has 4 heteroatoms. The third-order valence-electron chi connectivity index (χ3n) is 1.65. The SMILES string of the molecule is C/C=C/C=C/[C@H](O)CC(=O)N(C)OC. The van der Waals surface area contributed by atoms with Gasteiger partial charge in [-0.25, -0.2) is 5.06 Å². The van der Waals surface area contributed by atoms with E-state index >= 15 is 0 Å². The summed E-state index contributed by atoms with van der Waals surface area (Å²) in [6.07, 6.45) is 6.14. The highest BCUT2D eigenvalue weighted by atomic mass is 16.7. The van der Waals surface area contributed by atoms with E-state index in [-0.39, 0.29) is 12.3 Å². The van der Waals surface area contributed by atoms with Crippen molar-refractivity contribution in [3.8, 4) is 0 Å². The lowest BCUT2D eigenvalue weighted by Crippen LogP contribution is -2.28. The molecule has 0 radical (unpaired) electrons. The molecule has 0 rings (SSSR count). The number of aliphatic hydroxyl groups is 1. The Bertz CT molecular complexity index is 223. The Hall–Kier alpha value is -1.13. The predicted molar refractivity (Wildman–Crippen MR) is 54.4 cm³/mol. The normalized spacial score (nSPS) is 13.7. The molecule has 0 saturated heterocycles. The van der Waals surface area contributed by atoms with Gasteiger partial charge in [-0.3, -0.25) is 9.63 Å². The van der Waals surface area contributed by atoms with Gasteiger partial charge in [-0.15, -0.1) is 0 Å². The van der Waals surface area contributed by atoms with Gasteiger partial charge in [-0.1, -0.05) is 24.3 Å². The summed E-state index contributed by atoms with van der Waals surface area (Å²) in [4.78, 5) is 15.9. The zero-order chi connectivity index (χ0) is 11.0. The maximum Gasteiger partial charge on any atom is 0.248 e. The predicted octanol–water partition coefficient (Wildman–Crippen LogP) is 0.890. The molecule has 1 atom stereocenters. The van der Waals surface area contributed by atoms with Crippen LogP contribution in [0, 0.1) is 0 Å². The smallest absolute Gasteiger partial charge is 0.248 e. The topological polar surface area (TPSA) is 49.8 Å². The quantitative estimate of drug-likeness (QED) is 0.528. The second-order valence-electron chi connectivity index (χ2n) is 2.76. The number of amides is 1. The molecule has 0 saturated carbocycles. The van der Waals surface area contributed by atoms with Crippen molar-refractivity contribution < 1.29 is 14.7 Å². The number of aliphatic hydroxyl groups excluding tert-OH is 1. The fourth-order valence-electron chi connectivity index (χ4n) is 0.781. The number of rotatable bonds is 5. The Kier molecular flexibility index (Phi) is 6.70. The first-order valence-corrected chi connectivity index (χ1v) is 4.40. The van der Waals surface area contributed by atoms with Crippen LogP contribution in [0.3, 0.4) is 0 Å². The molecular weight excluding hydrogens is 182 g/mol. The van der Waals surface area contributed by atoms with E-state index in [4.69, 9.17) is 0 Å². The van der Waals surface area contributed by atoms with E-state index in [1.807, 2.05) is 13.0 Å². The Morgan fingerprint density at radius 1 is 1.57 bits per heavy atom. The van der Waals surface area contributed by atoms with Gasteiger partial charge in [0, 0.05) is 7.05 Å². The summed E-state index contributed by atoms with van der Waals surface area (Å²) in [5.74, 6) is -0.259. The second kappa shape index (κ2) is 7.29. The average molecular weight is 199 g/mol. The van der Waals surface area contributed by atoms with Crippen molar-refractivity contribution in [1.82, 2.24) is 5.06 Å². The summed E-state index contributed by atoms with van der Waals surface area (Å²) in [7, 11) is 2.91. The average Bonchev–Trinajstić information content (AvgIpc) is 2.16. The summed E-state index contributed by atoms with van der Waals surface area (Å²) in [5, 5.41) is 10.5. The second-order valence-corrected chi connectivity index (χ2v) is 2.76. The molecule has 0 aromatic carbocycles. The van der Waals surface area contributed by atoms with Crippen LogP contribution >= 0.6 is 0 Å². The number of hydroxylamine groups is 2. The van der Waals surface area contributed by atoms with Gasteiger partial charge in [0.25, 0.3) is 0 Å². The third kappa shape index (κ3) is 5.50. The van der Waals surface area contributed by atoms with Gasteiger partial charge in [0.15, 0.2) is 0 Å². The molecule has 0 aliphatic carbocycles. The monoisotopic (exact) mass is 199 g/mol. The molecule has 1 amide bonds. The van der Waals surface area contributed by atoms with Crippen molar-refractivity contribution in [1.29, 1.82) is 0 Å². The van der Waals surface area contributed by atoms with Gasteiger partial charge >= 0.3 is 0 Å². The molecule has 0 aliphatic heterocycles. The molecule has 0 spiro atoms. The van der Waals surface area contributed by atoms with Crippen LogP contribution in [0.2, 0.25) is 0 Å². The van der Waals surface area contributed by atoms with E-state index < -0.39 is 6.10 Å². The molecule has 0 unspecified atom stereocenters. The lowest BCUT2D eigenvalue weighted by Gasteiger charge is -2.14. The fraction of sp³-hybridized carbons (Fsp3) is 0.500. The number of hydrogen-bond acceptors (Lipinski definition) is 3. The van der Waals surface area contributed by atoms with Crippen LogP contribution in [0.4, 0.5) is 0 Å². The Labute approximate surface area is 84.4 Å². The molecule has 80 valence electrons. The van der Waals surface area contributed by atoms with Crippen LogP contribution in [0.25, 0.3) is 0 Å². The minimum Gasteiger partial charge on any atom is -0.388 e. The molecule has 14 heavy (non-hydrogen) atoms. The summed E-state index contributed by atoms with van der Waals surface area (Å²) in [6, 6.07) is 0. The van der Waals surface area contributed by atoms with Crippen LogP contribution < -0.4 is 0 Å². The Morgan fingerprint density at radius 3 is 2.71 bits per heavy atom. The Balaban J connectivity index is 3.93. The summed E-state index contributed by atoms with van der Waals surface area (Å²) >= 11 is 0. The van der Waals surface area contributed by atoms with E-state index in [1.54, 1.807) is 18.2 Å². The van der Waals surface area contributed by atoms with Gasteiger partial charge in [-0.2, -0.15) is 0 Å². The van der Waals surface area contributed by atoms with Crippen LogP contribution in [-0.2, 0) is 9.63 Å². The maximum atomic E-state index is 11.2. The molecule has 1 N–H and O–H groups in total. The van der Waals surface area contributed by atoms with Gasteiger partial charge in [-0.05, 0) is 6.92 Å². The first kappa shape index (κ1) is 12.9.